The third kappa shape index (κ3) is 1.54. The lowest BCUT2D eigenvalue weighted by atomic mass is 9.97. The molecule has 1 aliphatic rings. The van der Waals surface area contributed by atoms with Crippen molar-refractivity contribution < 1.29 is 14.3 Å². The molecule has 1 unspecified atom stereocenters. The van der Waals surface area contributed by atoms with Crippen molar-refractivity contribution in [3.05, 3.63) is 41.0 Å². The van der Waals surface area contributed by atoms with E-state index in [0.29, 0.717) is 12.0 Å². The summed E-state index contributed by atoms with van der Waals surface area (Å²) >= 11 is 0. The highest BCUT2D eigenvalue weighted by Gasteiger charge is 2.28. The molecule has 0 fully saturated rings. The fourth-order valence-electron chi connectivity index (χ4n) is 2.00. The molecule has 1 atom stereocenters. The second-order valence-corrected chi connectivity index (χ2v) is 3.67. The van der Waals surface area contributed by atoms with Crippen LogP contribution in [0.2, 0.25) is 0 Å². The Bertz CT molecular complexity index is 449. The van der Waals surface area contributed by atoms with Crippen molar-refractivity contribution >= 4 is 11.5 Å². The van der Waals surface area contributed by atoms with Crippen molar-refractivity contribution in [3.8, 4) is 0 Å². The van der Waals surface area contributed by atoms with Gasteiger partial charge in [0.2, 0.25) is 6.17 Å². The fourth-order valence-corrected chi connectivity index (χ4v) is 2.00. The van der Waals surface area contributed by atoms with Crippen LogP contribution < -0.4 is 0 Å². The number of halogens is 1. The van der Waals surface area contributed by atoms with Gasteiger partial charge in [-0.15, -0.1) is 0 Å². The number of hydrogen-bond acceptors (Lipinski definition) is 1. The Balaban J connectivity index is 2.47. The molecule has 3 heteroatoms. The second-order valence-electron chi connectivity index (χ2n) is 3.67. The Morgan fingerprint density at radius 3 is 2.93 bits per heavy atom. The average Bonchev–Trinajstić information content (AvgIpc) is 2.61. The van der Waals surface area contributed by atoms with Gasteiger partial charge in [0.25, 0.3) is 0 Å². The molecule has 0 bridgehead atoms. The molecule has 2 nitrogen and oxygen atoms in total. The van der Waals surface area contributed by atoms with Gasteiger partial charge < -0.3 is 5.11 Å². The van der Waals surface area contributed by atoms with Crippen LogP contribution in [0, 0.1) is 6.92 Å². The molecular weight excluding hydrogens is 195 g/mol. The SMILES string of the molecule is Cc1cccc2c1C(C(F)C(=O)O)=CC2. The highest BCUT2D eigenvalue weighted by Crippen LogP contribution is 2.33. The van der Waals surface area contributed by atoms with Gasteiger partial charge in [0.05, 0.1) is 0 Å². The number of alkyl halides is 1. The number of carboxylic acid groups (broad SMARTS) is 1. The second kappa shape index (κ2) is 3.50. The molecule has 0 aliphatic heterocycles. The maximum Gasteiger partial charge on any atom is 0.343 e. The zero-order valence-corrected chi connectivity index (χ0v) is 8.33. The van der Waals surface area contributed by atoms with Crippen molar-refractivity contribution in [2.75, 3.05) is 0 Å². The lowest BCUT2D eigenvalue weighted by molar-refractivity contribution is -0.140. The lowest BCUT2D eigenvalue weighted by Gasteiger charge is -2.10. The molecule has 1 aromatic rings. The number of fused-ring (bicyclic) bond motifs is 1. The molecule has 0 aromatic heterocycles. The van der Waals surface area contributed by atoms with E-state index in [1.54, 1.807) is 6.08 Å². The molecule has 15 heavy (non-hydrogen) atoms. The smallest absolute Gasteiger partial charge is 0.343 e. The van der Waals surface area contributed by atoms with E-state index >= 15 is 0 Å². The molecule has 0 saturated heterocycles. The van der Waals surface area contributed by atoms with Crippen LogP contribution in [0.3, 0.4) is 0 Å². The summed E-state index contributed by atoms with van der Waals surface area (Å²) in [6.07, 6.45) is 0.378. The molecule has 0 saturated carbocycles. The van der Waals surface area contributed by atoms with E-state index in [2.05, 4.69) is 0 Å². The zero-order valence-electron chi connectivity index (χ0n) is 8.33. The minimum atomic E-state index is -1.91. The largest absolute Gasteiger partial charge is 0.479 e. The van der Waals surface area contributed by atoms with Gasteiger partial charge in [-0.05, 0) is 30.0 Å². The Labute approximate surface area is 87.0 Å². The van der Waals surface area contributed by atoms with Gasteiger partial charge in [0.1, 0.15) is 0 Å². The molecule has 0 heterocycles. The van der Waals surface area contributed by atoms with E-state index in [-0.39, 0.29) is 0 Å². The van der Waals surface area contributed by atoms with Crippen LogP contribution in [-0.2, 0) is 11.2 Å². The van der Waals surface area contributed by atoms with E-state index in [1.165, 1.54) is 0 Å². The number of aryl methyl sites for hydroxylation is 1. The summed E-state index contributed by atoms with van der Waals surface area (Å²) in [6.45, 7) is 1.87. The predicted octanol–water partition coefficient (Wildman–Crippen LogP) is 2.36. The van der Waals surface area contributed by atoms with Crippen LogP contribution in [0.4, 0.5) is 4.39 Å². The van der Waals surface area contributed by atoms with Gasteiger partial charge in [0.15, 0.2) is 0 Å². The van der Waals surface area contributed by atoms with Crippen LogP contribution in [0.1, 0.15) is 16.7 Å². The third-order valence-electron chi connectivity index (χ3n) is 2.68. The molecular formula is C12H11FO2. The first-order valence-electron chi connectivity index (χ1n) is 4.77. The summed E-state index contributed by atoms with van der Waals surface area (Å²) < 4.78 is 13.4. The average molecular weight is 206 g/mol. The third-order valence-corrected chi connectivity index (χ3v) is 2.68. The van der Waals surface area contributed by atoms with Crippen molar-refractivity contribution in [3.63, 3.8) is 0 Å². The van der Waals surface area contributed by atoms with Crippen molar-refractivity contribution in [2.24, 2.45) is 0 Å². The minimum absolute atomic E-state index is 0.301. The molecule has 2 rings (SSSR count). The Hall–Kier alpha value is -1.64. The van der Waals surface area contributed by atoms with Crippen LogP contribution in [0.5, 0.6) is 0 Å². The number of aliphatic carboxylic acids is 1. The Kier molecular flexibility index (Phi) is 2.31. The molecule has 0 amide bonds. The highest BCUT2D eigenvalue weighted by atomic mass is 19.1. The first kappa shape index (κ1) is 9.90. The van der Waals surface area contributed by atoms with Gasteiger partial charge in [-0.1, -0.05) is 24.3 Å². The number of hydrogen-bond donors (Lipinski definition) is 1. The number of rotatable bonds is 2. The lowest BCUT2D eigenvalue weighted by Crippen LogP contribution is -2.16. The quantitative estimate of drug-likeness (QED) is 0.806. The molecule has 1 N–H and O–H groups in total. The Morgan fingerprint density at radius 1 is 1.53 bits per heavy atom. The number of carbonyl (C=O) groups is 1. The zero-order chi connectivity index (χ0) is 11.0. The van der Waals surface area contributed by atoms with E-state index < -0.39 is 12.1 Å². The molecule has 1 aromatic carbocycles. The van der Waals surface area contributed by atoms with Gasteiger partial charge in [0, 0.05) is 5.57 Å². The topological polar surface area (TPSA) is 37.3 Å². The molecule has 1 aliphatic carbocycles. The maximum atomic E-state index is 13.4. The van der Waals surface area contributed by atoms with Crippen LogP contribution >= 0.6 is 0 Å². The van der Waals surface area contributed by atoms with E-state index in [4.69, 9.17) is 5.11 Å². The first-order valence-corrected chi connectivity index (χ1v) is 4.77. The van der Waals surface area contributed by atoms with E-state index in [0.717, 1.165) is 16.7 Å². The van der Waals surface area contributed by atoms with Crippen LogP contribution in [0.15, 0.2) is 24.3 Å². The van der Waals surface area contributed by atoms with Gasteiger partial charge >= 0.3 is 5.97 Å². The number of allylic oxidation sites excluding steroid dienone is 1. The summed E-state index contributed by atoms with van der Waals surface area (Å²) in [6, 6.07) is 5.67. The summed E-state index contributed by atoms with van der Waals surface area (Å²) in [5, 5.41) is 8.64. The fraction of sp³-hybridized carbons (Fsp3) is 0.250. The van der Waals surface area contributed by atoms with Gasteiger partial charge in [-0.2, -0.15) is 0 Å². The predicted molar refractivity (Wildman–Crippen MR) is 55.4 cm³/mol. The normalized spacial score (nSPS) is 15.7. The first-order chi connectivity index (χ1) is 7.11. The molecule has 0 spiro atoms. The number of carboxylic acids is 1. The molecule has 0 radical (unpaired) electrons. The monoisotopic (exact) mass is 206 g/mol. The summed E-state index contributed by atoms with van der Waals surface area (Å²) in [5.41, 5.74) is 3.01. The number of benzene rings is 1. The van der Waals surface area contributed by atoms with Crippen molar-refractivity contribution in [2.45, 2.75) is 19.5 Å². The highest BCUT2D eigenvalue weighted by molar-refractivity contribution is 5.93. The Morgan fingerprint density at radius 2 is 2.27 bits per heavy atom. The van der Waals surface area contributed by atoms with E-state index in [9.17, 15) is 9.18 Å². The van der Waals surface area contributed by atoms with E-state index in [1.807, 2.05) is 25.1 Å². The summed E-state index contributed by atoms with van der Waals surface area (Å²) in [5.74, 6) is -1.42. The maximum absolute atomic E-state index is 13.4. The van der Waals surface area contributed by atoms with Gasteiger partial charge in [-0.25, -0.2) is 9.18 Å². The molecule has 78 valence electrons. The summed E-state index contributed by atoms with van der Waals surface area (Å²) in [4.78, 5) is 10.6. The van der Waals surface area contributed by atoms with Crippen molar-refractivity contribution in [1.29, 1.82) is 0 Å². The standard InChI is InChI=1S/C12H11FO2/c1-7-3-2-4-8-5-6-9(10(7)8)11(13)12(14)15/h2-4,6,11H,5H2,1H3,(H,14,15). The van der Waals surface area contributed by atoms with Gasteiger partial charge in [-0.3, -0.25) is 0 Å². The summed E-state index contributed by atoms with van der Waals surface area (Å²) in [7, 11) is 0. The van der Waals surface area contributed by atoms with Crippen LogP contribution in [-0.4, -0.2) is 17.2 Å². The van der Waals surface area contributed by atoms with Crippen LogP contribution in [0.25, 0.3) is 5.57 Å². The minimum Gasteiger partial charge on any atom is -0.479 e. The van der Waals surface area contributed by atoms with Crippen molar-refractivity contribution in [1.82, 2.24) is 0 Å².